The first-order valence-electron chi connectivity index (χ1n) is 9.27. The van der Waals surface area contributed by atoms with Crippen LogP contribution in [-0.4, -0.2) is 23.4 Å². The van der Waals surface area contributed by atoms with Gasteiger partial charge in [-0.1, -0.05) is 0 Å². The molecule has 0 aliphatic carbocycles. The maximum Gasteiger partial charge on any atom is 0.322 e. The summed E-state index contributed by atoms with van der Waals surface area (Å²) < 4.78 is 19.3. The molecule has 1 aliphatic heterocycles. The first kappa shape index (κ1) is 19.2. The third-order valence-corrected chi connectivity index (χ3v) is 5.71. The van der Waals surface area contributed by atoms with Crippen LogP contribution in [0.2, 0.25) is 0 Å². The molecule has 0 unspecified atom stereocenters. The average Bonchev–Trinajstić information content (AvgIpc) is 3.44. The number of hydrogen-bond acceptors (Lipinski definition) is 4. The number of hydrogen-bond donors (Lipinski definition) is 2. The molecule has 6 nitrogen and oxygen atoms in total. The van der Waals surface area contributed by atoms with Gasteiger partial charge in [0.15, 0.2) is 0 Å². The molecule has 3 amide bonds. The third kappa shape index (κ3) is 4.02. The molecule has 0 bridgehead atoms. The topological polar surface area (TPSA) is 74.6 Å². The van der Waals surface area contributed by atoms with Crippen LogP contribution >= 0.6 is 11.3 Å². The van der Waals surface area contributed by atoms with Crippen LogP contribution in [0.5, 0.6) is 0 Å². The number of likely N-dealkylation sites (tertiary alicyclic amines) is 1. The van der Waals surface area contributed by atoms with Gasteiger partial charge in [0.1, 0.15) is 11.6 Å². The van der Waals surface area contributed by atoms with Crippen molar-refractivity contribution in [1.29, 1.82) is 0 Å². The third-order valence-electron chi connectivity index (χ3n) is 5.01. The molecule has 0 saturated carbocycles. The van der Waals surface area contributed by atoms with Gasteiger partial charge < -0.3 is 20.0 Å². The lowest BCUT2D eigenvalue weighted by Gasteiger charge is -2.24. The highest BCUT2D eigenvalue weighted by Crippen LogP contribution is 2.33. The van der Waals surface area contributed by atoms with Gasteiger partial charge in [-0.05, 0) is 66.4 Å². The van der Waals surface area contributed by atoms with Gasteiger partial charge in [-0.2, -0.15) is 11.3 Å². The predicted octanol–water partition coefficient (Wildman–Crippen LogP) is 5.41. The van der Waals surface area contributed by atoms with Gasteiger partial charge in [0.05, 0.1) is 23.6 Å². The molecule has 0 spiro atoms. The lowest BCUT2D eigenvalue weighted by Crippen LogP contribution is -2.34. The molecule has 8 heteroatoms. The summed E-state index contributed by atoms with van der Waals surface area (Å²) in [5.74, 6) is -0.619. The number of benzene rings is 1. The van der Waals surface area contributed by atoms with Crippen LogP contribution in [0.4, 0.5) is 20.6 Å². The molecular formula is C21H20FN3O3S. The van der Waals surface area contributed by atoms with E-state index in [0.717, 1.165) is 18.4 Å². The zero-order chi connectivity index (χ0) is 20.4. The number of amides is 3. The number of aryl methyl sites for hydroxylation is 1. The molecule has 150 valence electrons. The molecule has 3 aromatic rings. The Kier molecular flexibility index (Phi) is 5.35. The summed E-state index contributed by atoms with van der Waals surface area (Å²) in [7, 11) is 0. The van der Waals surface area contributed by atoms with Gasteiger partial charge in [-0.3, -0.25) is 4.79 Å². The molecule has 2 N–H and O–H groups in total. The fraction of sp³-hybridized carbons (Fsp3) is 0.238. The smallest absolute Gasteiger partial charge is 0.322 e. The predicted molar refractivity (Wildman–Crippen MR) is 110 cm³/mol. The van der Waals surface area contributed by atoms with Gasteiger partial charge in [0.25, 0.3) is 5.91 Å². The van der Waals surface area contributed by atoms with Crippen LogP contribution in [0.3, 0.4) is 0 Å². The minimum absolute atomic E-state index is 0.00999. The van der Waals surface area contributed by atoms with E-state index in [4.69, 9.17) is 4.42 Å². The van der Waals surface area contributed by atoms with Crippen molar-refractivity contribution in [3.63, 3.8) is 0 Å². The lowest BCUT2D eigenvalue weighted by atomic mass is 10.1. The highest BCUT2D eigenvalue weighted by atomic mass is 32.1. The number of nitrogens with one attached hydrogen (secondary N) is 2. The Hall–Kier alpha value is -3.13. The number of nitrogens with zero attached hydrogens (tertiary/aromatic N) is 1. The van der Waals surface area contributed by atoms with Gasteiger partial charge in [-0.15, -0.1) is 0 Å². The van der Waals surface area contributed by atoms with E-state index >= 15 is 0 Å². The van der Waals surface area contributed by atoms with E-state index in [-0.39, 0.29) is 17.8 Å². The summed E-state index contributed by atoms with van der Waals surface area (Å²) in [5.41, 5.74) is 1.86. The normalized spacial score (nSPS) is 16.1. The molecular weight excluding hydrogens is 393 g/mol. The van der Waals surface area contributed by atoms with Crippen LogP contribution in [0, 0.1) is 12.7 Å². The van der Waals surface area contributed by atoms with Crippen molar-refractivity contribution in [2.24, 2.45) is 0 Å². The Morgan fingerprint density at radius 3 is 2.83 bits per heavy atom. The highest BCUT2D eigenvalue weighted by molar-refractivity contribution is 7.08. The van der Waals surface area contributed by atoms with Gasteiger partial charge in [0.2, 0.25) is 0 Å². The van der Waals surface area contributed by atoms with Crippen molar-refractivity contribution in [2.45, 2.75) is 25.8 Å². The quantitative estimate of drug-likeness (QED) is 0.601. The van der Waals surface area contributed by atoms with Crippen LogP contribution in [-0.2, 0) is 0 Å². The summed E-state index contributed by atoms with van der Waals surface area (Å²) >= 11 is 1.61. The number of rotatable bonds is 4. The lowest BCUT2D eigenvalue weighted by molar-refractivity contribution is 0.102. The fourth-order valence-corrected chi connectivity index (χ4v) is 4.23. The number of anilines is 2. The van der Waals surface area contributed by atoms with Crippen LogP contribution in [0.25, 0.3) is 0 Å². The van der Waals surface area contributed by atoms with Crippen molar-refractivity contribution in [2.75, 3.05) is 17.2 Å². The fourth-order valence-electron chi connectivity index (χ4n) is 3.53. The molecule has 1 aromatic carbocycles. The maximum atomic E-state index is 14.2. The van der Waals surface area contributed by atoms with Crippen molar-refractivity contribution in [3.8, 4) is 0 Å². The Bertz CT molecular complexity index is 1030. The summed E-state index contributed by atoms with van der Waals surface area (Å²) in [6.45, 7) is 2.32. The average molecular weight is 413 g/mol. The van der Waals surface area contributed by atoms with Gasteiger partial charge in [-0.25, -0.2) is 9.18 Å². The molecule has 29 heavy (non-hydrogen) atoms. The van der Waals surface area contributed by atoms with E-state index in [1.807, 2.05) is 11.4 Å². The number of halogens is 1. The Balaban J connectivity index is 1.48. The van der Waals surface area contributed by atoms with Crippen molar-refractivity contribution in [1.82, 2.24) is 4.90 Å². The van der Waals surface area contributed by atoms with Gasteiger partial charge in [0, 0.05) is 12.2 Å². The summed E-state index contributed by atoms with van der Waals surface area (Å²) in [5, 5.41) is 9.40. The minimum Gasteiger partial charge on any atom is -0.469 e. The number of carbonyl (C=O) groups excluding carboxylic acids is 2. The summed E-state index contributed by atoms with van der Waals surface area (Å²) in [6, 6.07) is 7.46. The SMILES string of the molecule is Cc1occc1C(=O)Nc1cc(NC(=O)N2CCC[C@H]2c2ccsc2)ccc1F. The van der Waals surface area contributed by atoms with E-state index < -0.39 is 11.7 Å². The molecule has 1 atom stereocenters. The number of carbonyl (C=O) groups is 2. The largest absolute Gasteiger partial charge is 0.469 e. The Labute approximate surface area is 171 Å². The van der Waals surface area contributed by atoms with Crippen molar-refractivity contribution in [3.05, 3.63) is 70.1 Å². The second-order valence-electron chi connectivity index (χ2n) is 6.88. The Morgan fingerprint density at radius 1 is 1.24 bits per heavy atom. The van der Waals surface area contributed by atoms with Crippen LogP contribution in [0.15, 0.2) is 51.8 Å². The van der Waals surface area contributed by atoms with E-state index in [9.17, 15) is 14.0 Å². The minimum atomic E-state index is -0.588. The second kappa shape index (κ2) is 8.08. The molecule has 1 aliphatic rings. The highest BCUT2D eigenvalue weighted by Gasteiger charge is 2.30. The van der Waals surface area contributed by atoms with Crippen LogP contribution < -0.4 is 10.6 Å². The zero-order valence-electron chi connectivity index (χ0n) is 15.8. The number of furan rings is 1. The van der Waals surface area contributed by atoms with E-state index in [1.165, 1.54) is 30.5 Å². The summed E-state index contributed by atoms with van der Waals surface area (Å²) in [4.78, 5) is 26.9. The van der Waals surface area contributed by atoms with Crippen molar-refractivity contribution >= 4 is 34.6 Å². The Morgan fingerprint density at radius 2 is 2.10 bits per heavy atom. The molecule has 1 fully saturated rings. The molecule has 4 rings (SSSR count). The van der Waals surface area contributed by atoms with Crippen molar-refractivity contribution < 1.29 is 18.4 Å². The molecule has 3 heterocycles. The number of urea groups is 1. The van der Waals surface area contributed by atoms with E-state index in [1.54, 1.807) is 23.2 Å². The monoisotopic (exact) mass is 413 g/mol. The molecule has 0 radical (unpaired) electrons. The number of thiophene rings is 1. The van der Waals surface area contributed by atoms with E-state index in [2.05, 4.69) is 16.0 Å². The second-order valence-corrected chi connectivity index (χ2v) is 7.66. The maximum absolute atomic E-state index is 14.2. The zero-order valence-corrected chi connectivity index (χ0v) is 16.6. The molecule has 2 aromatic heterocycles. The standard InChI is InChI=1S/C21H20FN3O3S/c1-13-16(6-9-28-13)20(26)24-18-11-15(4-5-17(18)22)23-21(27)25-8-2-3-19(25)14-7-10-29-12-14/h4-7,9-12,19H,2-3,8H2,1H3,(H,23,27)(H,24,26)/t19-/m0/s1. The first-order chi connectivity index (χ1) is 14.0. The first-order valence-corrected chi connectivity index (χ1v) is 10.2. The van der Waals surface area contributed by atoms with Crippen LogP contribution in [0.1, 0.15) is 40.6 Å². The van der Waals surface area contributed by atoms with Gasteiger partial charge >= 0.3 is 6.03 Å². The molecule has 1 saturated heterocycles. The summed E-state index contributed by atoms with van der Waals surface area (Å²) in [6.07, 6.45) is 3.25. The van der Waals surface area contributed by atoms with E-state index in [0.29, 0.717) is 23.6 Å².